The highest BCUT2D eigenvalue weighted by atomic mass is 32.2. The van der Waals surface area contributed by atoms with Crippen LogP contribution in [0.4, 0.5) is 0 Å². The third kappa shape index (κ3) is 6.02. The minimum absolute atomic E-state index is 0.112. The lowest BCUT2D eigenvalue weighted by molar-refractivity contribution is -0.146. The van der Waals surface area contributed by atoms with Crippen LogP contribution in [-0.4, -0.2) is 33.3 Å². The lowest BCUT2D eigenvalue weighted by Crippen LogP contribution is -2.45. The van der Waals surface area contributed by atoms with Crippen LogP contribution in [0.2, 0.25) is 0 Å². The van der Waals surface area contributed by atoms with Gasteiger partial charge >= 0.3 is 5.97 Å². The van der Waals surface area contributed by atoms with Gasteiger partial charge in [0, 0.05) is 11.3 Å². The van der Waals surface area contributed by atoms with E-state index in [2.05, 4.69) is 4.72 Å². The maximum absolute atomic E-state index is 12.0. The van der Waals surface area contributed by atoms with Gasteiger partial charge in [-0.3, -0.25) is 4.79 Å². The smallest absolute Gasteiger partial charge is 0.324 e. The number of carbonyl (C=O) groups is 1. The van der Waals surface area contributed by atoms with E-state index >= 15 is 0 Å². The van der Waals surface area contributed by atoms with Gasteiger partial charge in [0.1, 0.15) is 6.04 Å². The molecule has 0 aliphatic heterocycles. The maximum atomic E-state index is 12.0. The van der Waals surface area contributed by atoms with Crippen molar-refractivity contribution in [2.45, 2.75) is 32.7 Å². The second-order valence-corrected chi connectivity index (χ2v) is 7.56. The van der Waals surface area contributed by atoms with E-state index in [1.54, 1.807) is 11.3 Å². The molecule has 0 aliphatic carbocycles. The number of hydrogen-bond donors (Lipinski definition) is 1. The van der Waals surface area contributed by atoms with E-state index in [0.29, 0.717) is 12.8 Å². The average molecular weight is 319 g/mol. The molecule has 1 heterocycles. The second-order valence-electron chi connectivity index (χ2n) is 4.75. The Hall–Kier alpha value is -0.920. The molecular formula is C13H21NO4S2. The molecule has 1 N–H and O–H groups in total. The van der Waals surface area contributed by atoms with E-state index < -0.39 is 22.0 Å². The number of rotatable bonds is 8. The summed E-state index contributed by atoms with van der Waals surface area (Å²) in [5.41, 5.74) is 0. The van der Waals surface area contributed by atoms with E-state index in [4.69, 9.17) is 4.74 Å². The molecule has 0 amide bonds. The second kappa shape index (κ2) is 7.75. The van der Waals surface area contributed by atoms with Crippen LogP contribution in [0.15, 0.2) is 17.5 Å². The fourth-order valence-electron chi connectivity index (χ4n) is 1.66. The highest BCUT2D eigenvalue weighted by Crippen LogP contribution is 2.12. The van der Waals surface area contributed by atoms with Gasteiger partial charge in [0.15, 0.2) is 0 Å². The molecule has 114 valence electrons. The Labute approximate surface area is 124 Å². The Kier molecular flexibility index (Phi) is 6.64. The summed E-state index contributed by atoms with van der Waals surface area (Å²) < 4.78 is 30.2. The van der Waals surface area contributed by atoms with Crippen molar-refractivity contribution >= 4 is 27.3 Å². The first-order valence-corrected chi connectivity index (χ1v) is 9.27. The molecule has 5 nitrogen and oxygen atoms in total. The molecular weight excluding hydrogens is 298 g/mol. The minimum atomic E-state index is -3.44. The SMILES string of the molecule is CC[C@@H](C)[C@@H](NS(C)(=O)=O)C(=O)OCCc1cccs1. The Balaban J connectivity index is 2.54. The summed E-state index contributed by atoms with van der Waals surface area (Å²) in [6.07, 6.45) is 2.38. The molecule has 20 heavy (non-hydrogen) atoms. The predicted octanol–water partition coefficient (Wildman–Crippen LogP) is 1.80. The highest BCUT2D eigenvalue weighted by Gasteiger charge is 2.28. The van der Waals surface area contributed by atoms with E-state index in [-0.39, 0.29) is 12.5 Å². The first kappa shape index (κ1) is 17.1. The van der Waals surface area contributed by atoms with Gasteiger partial charge in [0.05, 0.1) is 12.9 Å². The van der Waals surface area contributed by atoms with Crippen molar-refractivity contribution in [2.75, 3.05) is 12.9 Å². The van der Waals surface area contributed by atoms with Crippen molar-refractivity contribution in [1.82, 2.24) is 4.72 Å². The lowest BCUT2D eigenvalue weighted by atomic mass is 10.0. The molecule has 0 radical (unpaired) electrons. The van der Waals surface area contributed by atoms with Crippen molar-refractivity contribution in [1.29, 1.82) is 0 Å². The number of ether oxygens (including phenoxy) is 1. The lowest BCUT2D eigenvalue weighted by Gasteiger charge is -2.21. The van der Waals surface area contributed by atoms with Crippen molar-refractivity contribution in [3.63, 3.8) is 0 Å². The van der Waals surface area contributed by atoms with Crippen LogP contribution < -0.4 is 4.72 Å². The topological polar surface area (TPSA) is 72.5 Å². The van der Waals surface area contributed by atoms with Gasteiger partial charge in [-0.1, -0.05) is 26.3 Å². The van der Waals surface area contributed by atoms with Crippen LogP contribution in [0, 0.1) is 5.92 Å². The van der Waals surface area contributed by atoms with Gasteiger partial charge in [-0.2, -0.15) is 0 Å². The Bertz CT molecular complexity index is 510. The summed E-state index contributed by atoms with van der Waals surface area (Å²) in [5.74, 6) is -0.625. The summed E-state index contributed by atoms with van der Waals surface area (Å²) in [6.45, 7) is 3.99. The van der Waals surface area contributed by atoms with Crippen molar-refractivity contribution < 1.29 is 17.9 Å². The minimum Gasteiger partial charge on any atom is -0.464 e. The zero-order valence-electron chi connectivity index (χ0n) is 12.0. The molecule has 0 spiro atoms. The average Bonchev–Trinajstić information content (AvgIpc) is 2.87. The molecule has 0 aliphatic rings. The predicted molar refractivity (Wildman–Crippen MR) is 80.2 cm³/mol. The largest absolute Gasteiger partial charge is 0.464 e. The molecule has 1 aromatic heterocycles. The number of thiophene rings is 1. The third-order valence-corrected chi connectivity index (χ3v) is 4.60. The monoisotopic (exact) mass is 319 g/mol. The number of nitrogens with one attached hydrogen (secondary N) is 1. The van der Waals surface area contributed by atoms with Gasteiger partial charge in [-0.15, -0.1) is 11.3 Å². The third-order valence-electron chi connectivity index (χ3n) is 2.98. The van der Waals surface area contributed by atoms with Crippen LogP contribution >= 0.6 is 11.3 Å². The van der Waals surface area contributed by atoms with Crippen LogP contribution in [0.25, 0.3) is 0 Å². The van der Waals surface area contributed by atoms with Crippen LogP contribution in [0.1, 0.15) is 25.1 Å². The van der Waals surface area contributed by atoms with Crippen LogP contribution in [-0.2, 0) is 26.0 Å². The molecule has 0 bridgehead atoms. The van der Waals surface area contributed by atoms with Gasteiger partial charge < -0.3 is 4.74 Å². The quantitative estimate of drug-likeness (QED) is 0.742. The molecule has 0 saturated carbocycles. The number of hydrogen-bond acceptors (Lipinski definition) is 5. The first-order valence-electron chi connectivity index (χ1n) is 6.49. The van der Waals surface area contributed by atoms with E-state index in [0.717, 1.165) is 11.1 Å². The summed E-state index contributed by atoms with van der Waals surface area (Å²) in [6, 6.07) is 3.09. The Morgan fingerprint density at radius 3 is 2.70 bits per heavy atom. The number of sulfonamides is 1. The fourth-order valence-corrected chi connectivity index (χ4v) is 3.14. The van der Waals surface area contributed by atoms with Crippen molar-refractivity contribution in [3.05, 3.63) is 22.4 Å². The van der Waals surface area contributed by atoms with Gasteiger partial charge in [0.2, 0.25) is 10.0 Å². The van der Waals surface area contributed by atoms with Gasteiger partial charge in [-0.05, 0) is 17.4 Å². The van der Waals surface area contributed by atoms with E-state index in [1.807, 2.05) is 31.4 Å². The van der Waals surface area contributed by atoms with Gasteiger partial charge in [0.25, 0.3) is 0 Å². The van der Waals surface area contributed by atoms with E-state index in [1.165, 1.54) is 0 Å². The molecule has 0 saturated heterocycles. The molecule has 1 rings (SSSR count). The van der Waals surface area contributed by atoms with E-state index in [9.17, 15) is 13.2 Å². The molecule has 1 aromatic rings. The van der Waals surface area contributed by atoms with Crippen molar-refractivity contribution in [3.8, 4) is 0 Å². The normalized spacial score (nSPS) is 14.8. The van der Waals surface area contributed by atoms with Crippen LogP contribution in [0.3, 0.4) is 0 Å². The Morgan fingerprint density at radius 1 is 1.50 bits per heavy atom. The summed E-state index contributed by atoms with van der Waals surface area (Å²) in [7, 11) is -3.44. The Morgan fingerprint density at radius 2 is 2.20 bits per heavy atom. The number of carbonyl (C=O) groups excluding carboxylic acids is 1. The summed E-state index contributed by atoms with van der Waals surface area (Å²) in [5, 5.41) is 1.96. The molecule has 0 fully saturated rings. The standard InChI is InChI=1S/C13H21NO4S2/c1-4-10(2)12(14-20(3,16)17)13(15)18-8-7-11-6-5-9-19-11/h5-6,9-10,12,14H,4,7-8H2,1-3H3/t10-,12-/m1/s1. The summed E-state index contributed by atoms with van der Waals surface area (Å²) >= 11 is 1.60. The molecule has 0 aromatic carbocycles. The number of esters is 1. The maximum Gasteiger partial charge on any atom is 0.324 e. The van der Waals surface area contributed by atoms with Crippen LogP contribution in [0.5, 0.6) is 0 Å². The highest BCUT2D eigenvalue weighted by molar-refractivity contribution is 7.88. The van der Waals surface area contributed by atoms with Gasteiger partial charge in [-0.25, -0.2) is 13.1 Å². The van der Waals surface area contributed by atoms with Crippen molar-refractivity contribution in [2.24, 2.45) is 5.92 Å². The summed E-state index contributed by atoms with van der Waals surface area (Å²) in [4.78, 5) is 13.1. The first-order chi connectivity index (χ1) is 9.33. The zero-order chi connectivity index (χ0) is 15.2. The zero-order valence-corrected chi connectivity index (χ0v) is 13.6. The molecule has 0 unspecified atom stereocenters. The fraction of sp³-hybridized carbons (Fsp3) is 0.615. The molecule has 7 heteroatoms. The molecule has 2 atom stereocenters.